The second kappa shape index (κ2) is 6.75. The van der Waals surface area contributed by atoms with Gasteiger partial charge in [0.05, 0.1) is 6.04 Å². The van der Waals surface area contributed by atoms with Gasteiger partial charge in [0.15, 0.2) is 0 Å². The third kappa shape index (κ3) is 3.73. The number of carbonyl (C=O) groups is 1. The average Bonchev–Trinajstić information content (AvgIpc) is 2.69. The summed E-state index contributed by atoms with van der Waals surface area (Å²) >= 11 is 0. The summed E-state index contributed by atoms with van der Waals surface area (Å²) in [5, 5.41) is 6.38. The zero-order valence-electron chi connectivity index (χ0n) is 12.7. The summed E-state index contributed by atoms with van der Waals surface area (Å²) < 4.78 is 0. The normalized spacial score (nSPS) is 19.2. The number of carbonyl (C=O) groups excluding carboxylic acids is 1. The van der Waals surface area contributed by atoms with Gasteiger partial charge >= 0.3 is 0 Å². The third-order valence-electron chi connectivity index (χ3n) is 3.86. The number of anilines is 2. The predicted molar refractivity (Wildman–Crippen MR) is 84.4 cm³/mol. The van der Waals surface area contributed by atoms with Crippen LogP contribution in [0.1, 0.15) is 31.2 Å². The van der Waals surface area contributed by atoms with Crippen molar-refractivity contribution < 1.29 is 4.79 Å². The van der Waals surface area contributed by atoms with Gasteiger partial charge in [-0.05, 0) is 50.1 Å². The summed E-state index contributed by atoms with van der Waals surface area (Å²) in [4.78, 5) is 14.4. The Kier molecular flexibility index (Phi) is 5.01. The van der Waals surface area contributed by atoms with Gasteiger partial charge in [-0.3, -0.25) is 4.79 Å². The van der Waals surface area contributed by atoms with Gasteiger partial charge in [-0.15, -0.1) is 0 Å². The molecule has 1 aromatic carbocycles. The molecule has 1 aliphatic heterocycles. The lowest BCUT2D eigenvalue weighted by Gasteiger charge is -2.18. The summed E-state index contributed by atoms with van der Waals surface area (Å²) in [7, 11) is 4.03. The molecule has 1 heterocycles. The minimum atomic E-state index is -0.0505. The van der Waals surface area contributed by atoms with Crippen molar-refractivity contribution in [1.29, 1.82) is 0 Å². The highest BCUT2D eigenvalue weighted by Gasteiger charge is 2.19. The second-order valence-electron chi connectivity index (χ2n) is 5.74. The molecule has 0 radical (unpaired) electrons. The van der Waals surface area contributed by atoms with E-state index in [0.717, 1.165) is 36.3 Å². The van der Waals surface area contributed by atoms with Gasteiger partial charge in [0.1, 0.15) is 0 Å². The van der Waals surface area contributed by atoms with E-state index in [2.05, 4.69) is 21.6 Å². The molecule has 4 heteroatoms. The van der Waals surface area contributed by atoms with Crippen LogP contribution in [0.25, 0.3) is 0 Å². The second-order valence-corrected chi connectivity index (χ2v) is 5.74. The first-order valence-electron chi connectivity index (χ1n) is 7.40. The maximum Gasteiger partial charge on any atom is 0.241 e. The Labute approximate surface area is 121 Å². The third-order valence-corrected chi connectivity index (χ3v) is 3.86. The first-order valence-corrected chi connectivity index (χ1v) is 7.40. The van der Waals surface area contributed by atoms with E-state index < -0.39 is 0 Å². The van der Waals surface area contributed by atoms with Crippen molar-refractivity contribution in [2.45, 2.75) is 38.6 Å². The number of hydrogen-bond acceptors (Lipinski definition) is 3. The van der Waals surface area contributed by atoms with Crippen molar-refractivity contribution in [2.24, 2.45) is 0 Å². The maximum absolute atomic E-state index is 12.3. The maximum atomic E-state index is 12.3. The molecular weight excluding hydrogens is 250 g/mol. The summed E-state index contributed by atoms with van der Waals surface area (Å²) in [5.74, 6) is 0.0904. The SMILES string of the molecule is Cc1cc(N(C)C)ccc1NC(=O)C1CCCCCN1. The molecule has 1 aliphatic rings. The first-order chi connectivity index (χ1) is 9.58. The minimum absolute atomic E-state index is 0.0505. The van der Waals surface area contributed by atoms with E-state index in [-0.39, 0.29) is 11.9 Å². The van der Waals surface area contributed by atoms with Gasteiger partial charge in [0.25, 0.3) is 0 Å². The molecule has 1 saturated heterocycles. The molecule has 0 saturated carbocycles. The number of aryl methyl sites for hydroxylation is 1. The minimum Gasteiger partial charge on any atom is -0.378 e. The van der Waals surface area contributed by atoms with Crippen LogP contribution in [0.4, 0.5) is 11.4 Å². The van der Waals surface area contributed by atoms with Gasteiger partial charge in [-0.1, -0.05) is 12.8 Å². The van der Waals surface area contributed by atoms with Crippen LogP contribution in [0.3, 0.4) is 0 Å². The van der Waals surface area contributed by atoms with Crippen LogP contribution in [-0.2, 0) is 4.79 Å². The fourth-order valence-electron chi connectivity index (χ4n) is 2.54. The zero-order valence-corrected chi connectivity index (χ0v) is 12.7. The van der Waals surface area contributed by atoms with E-state index in [1.807, 2.05) is 33.2 Å². The molecule has 0 aliphatic carbocycles. The Bertz CT molecular complexity index is 463. The lowest BCUT2D eigenvalue weighted by molar-refractivity contribution is -0.118. The fraction of sp³-hybridized carbons (Fsp3) is 0.562. The molecule has 1 atom stereocenters. The number of hydrogen-bond donors (Lipinski definition) is 2. The molecule has 1 unspecified atom stereocenters. The summed E-state index contributed by atoms with van der Waals surface area (Å²) in [5.41, 5.74) is 3.15. The first kappa shape index (κ1) is 14.9. The molecule has 0 aromatic heterocycles. The van der Waals surface area contributed by atoms with Crippen molar-refractivity contribution in [3.8, 4) is 0 Å². The summed E-state index contributed by atoms with van der Waals surface area (Å²) in [6, 6.07) is 6.06. The van der Waals surface area contributed by atoms with Crippen LogP contribution in [0.5, 0.6) is 0 Å². The lowest BCUT2D eigenvalue weighted by atomic mass is 10.1. The Morgan fingerprint density at radius 3 is 2.80 bits per heavy atom. The number of rotatable bonds is 3. The molecule has 4 nitrogen and oxygen atoms in total. The molecule has 0 spiro atoms. The molecule has 0 bridgehead atoms. The number of amides is 1. The van der Waals surface area contributed by atoms with Crippen LogP contribution in [-0.4, -0.2) is 32.6 Å². The van der Waals surface area contributed by atoms with Crippen molar-refractivity contribution >= 4 is 17.3 Å². The van der Waals surface area contributed by atoms with E-state index in [9.17, 15) is 4.79 Å². The average molecular weight is 275 g/mol. The predicted octanol–water partition coefficient (Wildman–Crippen LogP) is 2.53. The fourth-order valence-corrected chi connectivity index (χ4v) is 2.54. The van der Waals surface area contributed by atoms with Crippen molar-refractivity contribution in [3.63, 3.8) is 0 Å². The number of benzene rings is 1. The van der Waals surface area contributed by atoms with Gasteiger partial charge in [0.2, 0.25) is 5.91 Å². The molecule has 2 rings (SSSR count). The van der Waals surface area contributed by atoms with Gasteiger partial charge in [-0.2, -0.15) is 0 Å². The van der Waals surface area contributed by atoms with Crippen LogP contribution in [0.2, 0.25) is 0 Å². The molecular formula is C16H25N3O. The van der Waals surface area contributed by atoms with Crippen molar-refractivity contribution in [3.05, 3.63) is 23.8 Å². The summed E-state index contributed by atoms with van der Waals surface area (Å²) in [6.07, 6.45) is 4.44. The Hall–Kier alpha value is -1.55. The van der Waals surface area contributed by atoms with Gasteiger partial charge in [-0.25, -0.2) is 0 Å². The van der Waals surface area contributed by atoms with E-state index in [0.29, 0.717) is 0 Å². The Morgan fingerprint density at radius 1 is 1.30 bits per heavy atom. The molecule has 20 heavy (non-hydrogen) atoms. The van der Waals surface area contributed by atoms with Crippen molar-refractivity contribution in [1.82, 2.24) is 5.32 Å². The summed E-state index contributed by atoms with van der Waals surface area (Å²) in [6.45, 7) is 2.97. The van der Waals surface area contributed by atoms with Crippen LogP contribution >= 0.6 is 0 Å². The standard InChI is InChI=1S/C16H25N3O/c1-12-11-13(19(2)3)8-9-14(12)18-16(20)15-7-5-4-6-10-17-15/h8-9,11,15,17H,4-7,10H2,1-3H3,(H,18,20). The van der Waals surface area contributed by atoms with Crippen LogP contribution < -0.4 is 15.5 Å². The number of nitrogens with one attached hydrogen (secondary N) is 2. The van der Waals surface area contributed by atoms with Crippen LogP contribution in [0, 0.1) is 6.92 Å². The monoisotopic (exact) mass is 275 g/mol. The highest BCUT2D eigenvalue weighted by Crippen LogP contribution is 2.22. The van der Waals surface area contributed by atoms with Crippen molar-refractivity contribution in [2.75, 3.05) is 30.9 Å². The quantitative estimate of drug-likeness (QED) is 0.891. The lowest BCUT2D eigenvalue weighted by Crippen LogP contribution is -2.39. The molecule has 2 N–H and O–H groups in total. The molecule has 110 valence electrons. The molecule has 1 aromatic rings. The highest BCUT2D eigenvalue weighted by molar-refractivity contribution is 5.95. The molecule has 1 fully saturated rings. The largest absolute Gasteiger partial charge is 0.378 e. The topological polar surface area (TPSA) is 44.4 Å². The van der Waals surface area contributed by atoms with Gasteiger partial charge < -0.3 is 15.5 Å². The molecule has 1 amide bonds. The van der Waals surface area contributed by atoms with Crippen LogP contribution in [0.15, 0.2) is 18.2 Å². The number of nitrogens with zero attached hydrogens (tertiary/aromatic N) is 1. The van der Waals surface area contributed by atoms with Gasteiger partial charge in [0, 0.05) is 25.5 Å². The smallest absolute Gasteiger partial charge is 0.241 e. The Morgan fingerprint density at radius 2 is 2.10 bits per heavy atom. The highest BCUT2D eigenvalue weighted by atomic mass is 16.2. The zero-order chi connectivity index (χ0) is 14.5. The Balaban J connectivity index is 2.03. The van der Waals surface area contributed by atoms with E-state index >= 15 is 0 Å². The van der Waals surface area contributed by atoms with E-state index in [1.54, 1.807) is 0 Å². The van der Waals surface area contributed by atoms with E-state index in [4.69, 9.17) is 0 Å². The van der Waals surface area contributed by atoms with E-state index in [1.165, 1.54) is 12.8 Å².